The number of nitrogens with one attached hydrogen (secondary N) is 1. The summed E-state index contributed by atoms with van der Waals surface area (Å²) in [6.45, 7) is 0. The van der Waals surface area contributed by atoms with Gasteiger partial charge in [0.25, 0.3) is 5.92 Å². The zero-order chi connectivity index (χ0) is 32.9. The number of fused-ring (bicyclic) bond motifs is 3. The van der Waals surface area contributed by atoms with Crippen LogP contribution in [0.15, 0.2) is 77.7 Å². The summed E-state index contributed by atoms with van der Waals surface area (Å²) >= 11 is 7.38. The molecule has 7 rings (SSSR count). The summed E-state index contributed by atoms with van der Waals surface area (Å²) < 4.78 is 69.7. The van der Waals surface area contributed by atoms with Crippen LogP contribution in [-0.4, -0.2) is 49.5 Å². The largest absolute Gasteiger partial charge is 0.490 e. The molecule has 4 aromatic rings. The molecule has 12 heteroatoms. The summed E-state index contributed by atoms with van der Waals surface area (Å²) in [5.74, 6) is -4.12. The van der Waals surface area contributed by atoms with Crippen molar-refractivity contribution in [1.82, 2.24) is 9.62 Å². The van der Waals surface area contributed by atoms with E-state index in [4.69, 9.17) is 22.1 Å². The summed E-state index contributed by atoms with van der Waals surface area (Å²) in [6, 6.07) is 15.7. The van der Waals surface area contributed by atoms with Crippen LogP contribution in [-0.2, 0) is 20.7 Å². The number of carbonyl (C=O) groups excluding carboxylic acids is 1. The number of rotatable bonds is 9. The molecule has 2 bridgehead atoms. The Balaban J connectivity index is 1.20. The number of nitrogens with two attached hydrogens (primary N) is 1. The maximum absolute atomic E-state index is 16.6. The number of thiophene rings is 1. The van der Waals surface area contributed by atoms with Crippen LogP contribution in [0.25, 0.3) is 21.2 Å². The van der Waals surface area contributed by atoms with Gasteiger partial charge in [-0.15, -0.1) is 11.3 Å². The van der Waals surface area contributed by atoms with E-state index in [1.807, 2.05) is 6.07 Å². The number of hydrogen-bond donors (Lipinski definition) is 2. The predicted molar refractivity (Wildman–Crippen MR) is 180 cm³/mol. The highest BCUT2D eigenvalue weighted by molar-refractivity contribution is 7.89. The van der Waals surface area contributed by atoms with Gasteiger partial charge in [0.1, 0.15) is 5.75 Å². The minimum atomic E-state index is -4.57. The van der Waals surface area contributed by atoms with Crippen LogP contribution in [0.4, 0.5) is 8.78 Å². The summed E-state index contributed by atoms with van der Waals surface area (Å²) in [6.07, 6.45) is 6.72. The summed E-state index contributed by atoms with van der Waals surface area (Å²) in [5.41, 5.74) is 6.40. The molecule has 7 nitrogen and oxygen atoms in total. The van der Waals surface area contributed by atoms with Crippen molar-refractivity contribution in [2.45, 2.75) is 92.5 Å². The molecule has 0 spiro atoms. The lowest BCUT2D eigenvalue weighted by Gasteiger charge is -2.41. The number of ether oxygens (including phenoxy) is 1. The number of nitrogens with zero attached hydrogens (tertiary/aromatic N) is 1. The van der Waals surface area contributed by atoms with E-state index in [9.17, 15) is 13.2 Å². The van der Waals surface area contributed by atoms with Crippen LogP contribution in [0.1, 0.15) is 56.9 Å². The standard InChI is InChI=1S/C35H36ClF2N3O4S2/c36-32-16-15-31(46-32)21-5-9-24(10-6-21)35(37,38)33(34(42)41-26-11-12-27(41)20-25(39)19-26)40-47(43,44)30-14-8-22-17-29(13-7-23(22)18-30)45-28-3-1-2-4-28/h5-10,13-18,25-28,33,40H,1-4,11-12,19-20,39H2/t25?,26?,27?,33-/m1/s1. The van der Waals surface area contributed by atoms with Crippen LogP contribution in [0.3, 0.4) is 0 Å². The van der Waals surface area contributed by atoms with Crippen LogP contribution in [0.2, 0.25) is 4.34 Å². The lowest BCUT2D eigenvalue weighted by molar-refractivity contribution is -0.149. The minimum Gasteiger partial charge on any atom is -0.490 e. The molecule has 2 aliphatic heterocycles. The summed E-state index contributed by atoms with van der Waals surface area (Å²) in [7, 11) is -4.57. The second kappa shape index (κ2) is 12.7. The Bertz CT molecular complexity index is 1880. The number of benzene rings is 3. The molecule has 3 N–H and O–H groups in total. The quantitative estimate of drug-likeness (QED) is 0.189. The zero-order valence-electron chi connectivity index (χ0n) is 25.6. The van der Waals surface area contributed by atoms with E-state index in [2.05, 4.69) is 4.72 Å². The van der Waals surface area contributed by atoms with Crippen LogP contribution < -0.4 is 15.2 Å². The number of amides is 1. The maximum atomic E-state index is 16.6. The SMILES string of the molecule is NC1CC2CCC(C1)N2C(=O)[C@@H](NS(=O)(=O)c1ccc2cc(OC3CCCC3)ccc2c1)C(F)(F)c1ccc(-c2ccc(Cl)s2)cc1. The Hall–Kier alpha value is -3.09. The number of sulfonamides is 1. The fourth-order valence-corrected chi connectivity index (χ4v) is 9.64. The third-order valence-electron chi connectivity index (χ3n) is 9.73. The van der Waals surface area contributed by atoms with Crippen LogP contribution >= 0.6 is 22.9 Å². The molecule has 1 aliphatic carbocycles. The van der Waals surface area contributed by atoms with E-state index in [1.165, 1.54) is 52.6 Å². The molecule has 0 radical (unpaired) electrons. The average Bonchev–Trinajstić information content (AvgIpc) is 3.79. The number of alkyl halides is 2. The first-order valence-corrected chi connectivity index (χ1v) is 18.7. The normalized spacial score (nSPS) is 22.6. The van der Waals surface area contributed by atoms with Gasteiger partial charge in [0.15, 0.2) is 6.04 Å². The molecule has 3 heterocycles. The lowest BCUT2D eigenvalue weighted by Crippen LogP contribution is -2.60. The van der Waals surface area contributed by atoms with E-state index in [0.717, 1.165) is 35.9 Å². The number of carbonyl (C=O) groups is 1. The van der Waals surface area contributed by atoms with Gasteiger partial charge in [-0.1, -0.05) is 48.0 Å². The monoisotopic (exact) mass is 699 g/mol. The van der Waals surface area contributed by atoms with E-state index in [1.54, 1.807) is 30.3 Å². The molecular formula is C35H36ClF2N3O4S2. The van der Waals surface area contributed by atoms with Gasteiger partial charge >= 0.3 is 0 Å². The van der Waals surface area contributed by atoms with Crippen molar-refractivity contribution >= 4 is 49.6 Å². The van der Waals surface area contributed by atoms with Crippen molar-refractivity contribution < 1.29 is 26.7 Å². The van der Waals surface area contributed by atoms with Gasteiger partial charge in [-0.3, -0.25) is 4.79 Å². The van der Waals surface area contributed by atoms with Gasteiger partial charge in [0.2, 0.25) is 15.9 Å². The van der Waals surface area contributed by atoms with Crippen molar-refractivity contribution in [2.75, 3.05) is 0 Å². The highest BCUT2D eigenvalue weighted by Crippen LogP contribution is 2.41. The summed E-state index contributed by atoms with van der Waals surface area (Å²) in [5, 5.41) is 1.36. The van der Waals surface area contributed by atoms with Gasteiger partial charge in [0, 0.05) is 28.6 Å². The molecule has 1 aromatic heterocycles. The predicted octanol–water partition coefficient (Wildman–Crippen LogP) is 7.46. The maximum Gasteiger partial charge on any atom is 0.298 e. The van der Waals surface area contributed by atoms with Crippen molar-refractivity contribution in [3.8, 4) is 16.2 Å². The minimum absolute atomic E-state index is 0.132. The third kappa shape index (κ3) is 6.53. The Labute approximate surface area is 282 Å². The molecule has 3 aromatic carbocycles. The molecule has 3 aliphatic rings. The van der Waals surface area contributed by atoms with Crippen molar-refractivity contribution in [3.05, 3.63) is 82.7 Å². The first kappa shape index (κ1) is 32.5. The van der Waals surface area contributed by atoms with Crippen LogP contribution in [0.5, 0.6) is 5.75 Å². The van der Waals surface area contributed by atoms with Gasteiger partial charge in [0.05, 0.1) is 15.3 Å². The van der Waals surface area contributed by atoms with Gasteiger partial charge in [-0.25, -0.2) is 8.42 Å². The first-order chi connectivity index (χ1) is 22.5. The van der Waals surface area contributed by atoms with Gasteiger partial charge < -0.3 is 15.4 Å². The van der Waals surface area contributed by atoms with Crippen LogP contribution in [0, 0.1) is 0 Å². The third-order valence-corrected chi connectivity index (χ3v) is 12.4. The molecule has 1 saturated carbocycles. The fourth-order valence-electron chi connectivity index (χ4n) is 7.36. The molecule has 2 unspecified atom stereocenters. The smallest absolute Gasteiger partial charge is 0.298 e. The lowest BCUT2D eigenvalue weighted by atomic mass is 9.94. The zero-order valence-corrected chi connectivity index (χ0v) is 28.0. The van der Waals surface area contributed by atoms with Crippen molar-refractivity contribution in [3.63, 3.8) is 0 Å². The Morgan fingerprint density at radius 2 is 1.60 bits per heavy atom. The van der Waals surface area contributed by atoms with E-state index < -0.39 is 33.5 Å². The number of piperidine rings is 1. The van der Waals surface area contributed by atoms with Crippen molar-refractivity contribution in [2.24, 2.45) is 5.73 Å². The molecule has 3 atom stereocenters. The topological polar surface area (TPSA) is 102 Å². The fraction of sp³-hybridized carbons (Fsp3) is 0.400. The highest BCUT2D eigenvalue weighted by atomic mass is 35.5. The van der Waals surface area contributed by atoms with Crippen molar-refractivity contribution in [1.29, 1.82) is 0 Å². The molecule has 3 fully saturated rings. The first-order valence-electron chi connectivity index (χ1n) is 16.0. The number of hydrogen-bond acceptors (Lipinski definition) is 6. The number of halogens is 3. The molecule has 47 heavy (non-hydrogen) atoms. The van der Waals surface area contributed by atoms with Gasteiger partial charge in [-0.2, -0.15) is 13.5 Å². The van der Waals surface area contributed by atoms with E-state index in [-0.39, 0.29) is 29.1 Å². The Kier molecular flexibility index (Phi) is 8.80. The average molecular weight is 700 g/mol. The summed E-state index contributed by atoms with van der Waals surface area (Å²) in [4.78, 5) is 16.2. The Morgan fingerprint density at radius 3 is 2.26 bits per heavy atom. The molecule has 248 valence electrons. The molecular weight excluding hydrogens is 664 g/mol. The highest BCUT2D eigenvalue weighted by Gasteiger charge is 2.53. The van der Waals surface area contributed by atoms with E-state index >= 15 is 8.78 Å². The second-order valence-electron chi connectivity index (χ2n) is 12.9. The van der Waals surface area contributed by atoms with E-state index in [0.29, 0.717) is 46.7 Å². The molecule has 1 amide bonds. The second-order valence-corrected chi connectivity index (χ2v) is 16.3. The van der Waals surface area contributed by atoms with Gasteiger partial charge in [-0.05, 0) is 104 Å². The molecule has 2 saturated heterocycles. The Morgan fingerprint density at radius 1 is 0.936 bits per heavy atom.